The lowest BCUT2D eigenvalue weighted by Crippen LogP contribution is -2.44. The van der Waals surface area contributed by atoms with Gasteiger partial charge in [0.2, 0.25) is 0 Å². The highest BCUT2D eigenvalue weighted by Crippen LogP contribution is 2.22. The number of nitrogens with two attached hydrogens (primary N) is 1. The van der Waals surface area contributed by atoms with Crippen molar-refractivity contribution < 1.29 is 4.39 Å². The van der Waals surface area contributed by atoms with Crippen molar-refractivity contribution in [1.29, 1.82) is 0 Å². The summed E-state index contributed by atoms with van der Waals surface area (Å²) in [6.45, 7) is 6.78. The summed E-state index contributed by atoms with van der Waals surface area (Å²) in [6.07, 6.45) is 0. The number of hydrogen-bond donors (Lipinski definition) is 1. The van der Waals surface area contributed by atoms with Gasteiger partial charge in [-0.3, -0.25) is 4.90 Å². The first-order chi connectivity index (χ1) is 8.99. The summed E-state index contributed by atoms with van der Waals surface area (Å²) in [4.78, 5) is 4.54. The first-order valence-corrected chi connectivity index (χ1v) is 6.85. The summed E-state index contributed by atoms with van der Waals surface area (Å²) in [5.74, 6) is -0.205. The zero-order valence-corrected chi connectivity index (χ0v) is 12.4. The van der Waals surface area contributed by atoms with E-state index in [1.807, 2.05) is 12.1 Å². The molecular formula is C15H26FN3. The largest absolute Gasteiger partial charge is 0.329 e. The molecular weight excluding hydrogens is 241 g/mol. The summed E-state index contributed by atoms with van der Waals surface area (Å²) in [7, 11) is 4.14. The van der Waals surface area contributed by atoms with Crippen LogP contribution in [-0.2, 0) is 0 Å². The van der Waals surface area contributed by atoms with E-state index in [2.05, 4.69) is 37.7 Å². The van der Waals surface area contributed by atoms with E-state index in [0.717, 1.165) is 18.7 Å². The Labute approximate surface area is 116 Å². The minimum Gasteiger partial charge on any atom is -0.329 e. The molecule has 0 aliphatic heterocycles. The van der Waals surface area contributed by atoms with Gasteiger partial charge in [0, 0.05) is 25.2 Å². The van der Waals surface area contributed by atoms with Crippen LogP contribution >= 0.6 is 0 Å². The quantitative estimate of drug-likeness (QED) is 0.821. The molecule has 0 amide bonds. The lowest BCUT2D eigenvalue weighted by molar-refractivity contribution is 0.131. The molecule has 108 valence electrons. The second-order valence-corrected chi connectivity index (χ2v) is 5.24. The van der Waals surface area contributed by atoms with Crippen LogP contribution in [0.1, 0.15) is 25.5 Å². The number of nitrogens with zero attached hydrogens (tertiary/aromatic N) is 2. The molecule has 1 aromatic rings. The van der Waals surface area contributed by atoms with Gasteiger partial charge in [-0.15, -0.1) is 0 Å². The molecule has 0 saturated carbocycles. The number of halogens is 1. The van der Waals surface area contributed by atoms with Gasteiger partial charge in [0.1, 0.15) is 5.82 Å². The van der Waals surface area contributed by atoms with Crippen LogP contribution in [0.4, 0.5) is 4.39 Å². The summed E-state index contributed by atoms with van der Waals surface area (Å²) in [5.41, 5.74) is 7.02. The van der Waals surface area contributed by atoms with Crippen LogP contribution in [0, 0.1) is 5.82 Å². The van der Waals surface area contributed by atoms with Gasteiger partial charge in [-0.25, -0.2) is 4.39 Å². The fourth-order valence-corrected chi connectivity index (χ4v) is 2.62. The van der Waals surface area contributed by atoms with Crippen LogP contribution in [0.3, 0.4) is 0 Å². The van der Waals surface area contributed by atoms with Crippen LogP contribution in [-0.4, -0.2) is 49.6 Å². The van der Waals surface area contributed by atoms with Gasteiger partial charge in [0.15, 0.2) is 0 Å². The molecule has 0 aliphatic rings. The van der Waals surface area contributed by atoms with Crippen molar-refractivity contribution in [3.05, 3.63) is 35.6 Å². The lowest BCUT2D eigenvalue weighted by atomic mass is 10.0. The minimum atomic E-state index is -0.205. The van der Waals surface area contributed by atoms with Crippen molar-refractivity contribution in [2.24, 2.45) is 5.73 Å². The second-order valence-electron chi connectivity index (χ2n) is 5.24. The van der Waals surface area contributed by atoms with Crippen LogP contribution in [0.25, 0.3) is 0 Å². The highest BCUT2D eigenvalue weighted by Gasteiger charge is 2.22. The predicted octanol–water partition coefficient (Wildman–Crippen LogP) is 2.10. The van der Waals surface area contributed by atoms with E-state index in [4.69, 9.17) is 5.73 Å². The van der Waals surface area contributed by atoms with Gasteiger partial charge in [-0.05, 0) is 45.3 Å². The highest BCUT2D eigenvalue weighted by atomic mass is 19.1. The topological polar surface area (TPSA) is 32.5 Å². The van der Waals surface area contributed by atoms with E-state index in [0.29, 0.717) is 12.6 Å². The van der Waals surface area contributed by atoms with Crippen LogP contribution in [0.15, 0.2) is 24.3 Å². The average molecular weight is 267 g/mol. The predicted molar refractivity (Wildman–Crippen MR) is 78.6 cm³/mol. The Kier molecular flexibility index (Phi) is 6.42. The summed E-state index contributed by atoms with van der Waals surface area (Å²) >= 11 is 0. The first kappa shape index (κ1) is 16.1. The van der Waals surface area contributed by atoms with E-state index in [-0.39, 0.29) is 11.9 Å². The molecule has 2 N–H and O–H groups in total. The van der Waals surface area contributed by atoms with Crippen molar-refractivity contribution in [1.82, 2.24) is 9.80 Å². The third-order valence-electron chi connectivity index (χ3n) is 3.44. The minimum absolute atomic E-state index is 0.139. The van der Waals surface area contributed by atoms with Crippen molar-refractivity contribution in [2.75, 3.05) is 33.7 Å². The smallest absolute Gasteiger partial charge is 0.123 e. The number of hydrogen-bond acceptors (Lipinski definition) is 3. The molecule has 1 rings (SSSR count). The van der Waals surface area contributed by atoms with Gasteiger partial charge < -0.3 is 10.6 Å². The molecule has 1 aromatic carbocycles. The van der Waals surface area contributed by atoms with Gasteiger partial charge in [-0.2, -0.15) is 0 Å². The maximum Gasteiger partial charge on any atom is 0.123 e. The second kappa shape index (κ2) is 7.58. The van der Waals surface area contributed by atoms with Gasteiger partial charge in [-0.1, -0.05) is 19.1 Å². The van der Waals surface area contributed by atoms with Crippen molar-refractivity contribution in [3.63, 3.8) is 0 Å². The molecule has 0 spiro atoms. The first-order valence-electron chi connectivity index (χ1n) is 6.85. The van der Waals surface area contributed by atoms with Crippen molar-refractivity contribution in [3.8, 4) is 0 Å². The Hall–Kier alpha value is -0.970. The van der Waals surface area contributed by atoms with Gasteiger partial charge >= 0.3 is 0 Å². The van der Waals surface area contributed by atoms with E-state index in [1.165, 1.54) is 12.1 Å². The van der Waals surface area contributed by atoms with Crippen molar-refractivity contribution in [2.45, 2.75) is 25.9 Å². The molecule has 2 atom stereocenters. The molecule has 0 saturated heterocycles. The van der Waals surface area contributed by atoms with Gasteiger partial charge in [0.25, 0.3) is 0 Å². The molecule has 0 bridgehead atoms. The zero-order chi connectivity index (χ0) is 14.4. The SMILES string of the molecule is CCN(C(C)CN(C)C)C(CN)c1ccc(F)cc1. The number of likely N-dealkylation sites (N-methyl/N-ethyl adjacent to an activating group) is 2. The van der Waals surface area contributed by atoms with E-state index >= 15 is 0 Å². The third kappa shape index (κ3) is 4.56. The maximum atomic E-state index is 13.0. The van der Waals surface area contributed by atoms with E-state index in [1.54, 1.807) is 0 Å². The normalized spacial score (nSPS) is 14.9. The standard InChI is InChI=1S/C15H26FN3/c1-5-19(12(2)11-18(3)4)15(10-17)13-6-8-14(16)9-7-13/h6-9,12,15H,5,10-11,17H2,1-4H3. The van der Waals surface area contributed by atoms with Crippen LogP contribution in [0.5, 0.6) is 0 Å². The molecule has 0 heterocycles. The Morgan fingerprint density at radius 2 is 1.79 bits per heavy atom. The monoisotopic (exact) mass is 267 g/mol. The molecule has 3 nitrogen and oxygen atoms in total. The molecule has 0 aliphatic carbocycles. The molecule has 0 fully saturated rings. The van der Waals surface area contributed by atoms with E-state index in [9.17, 15) is 4.39 Å². The molecule has 2 unspecified atom stereocenters. The molecule has 0 radical (unpaired) electrons. The average Bonchev–Trinajstić information content (AvgIpc) is 2.36. The number of benzene rings is 1. The number of rotatable bonds is 7. The Morgan fingerprint density at radius 3 is 2.21 bits per heavy atom. The molecule has 19 heavy (non-hydrogen) atoms. The molecule has 4 heteroatoms. The Balaban J connectivity index is 2.88. The van der Waals surface area contributed by atoms with Crippen LogP contribution < -0.4 is 5.73 Å². The van der Waals surface area contributed by atoms with Crippen LogP contribution in [0.2, 0.25) is 0 Å². The van der Waals surface area contributed by atoms with E-state index < -0.39 is 0 Å². The lowest BCUT2D eigenvalue weighted by Gasteiger charge is -2.36. The fraction of sp³-hybridized carbons (Fsp3) is 0.600. The zero-order valence-electron chi connectivity index (χ0n) is 12.4. The summed E-state index contributed by atoms with van der Waals surface area (Å²) in [5, 5.41) is 0. The summed E-state index contributed by atoms with van der Waals surface area (Å²) in [6, 6.07) is 7.21. The van der Waals surface area contributed by atoms with Gasteiger partial charge in [0.05, 0.1) is 0 Å². The third-order valence-corrected chi connectivity index (χ3v) is 3.44. The highest BCUT2D eigenvalue weighted by molar-refractivity contribution is 5.20. The molecule has 0 aromatic heterocycles. The Bertz CT molecular complexity index is 364. The summed E-state index contributed by atoms with van der Waals surface area (Å²) < 4.78 is 13.0. The maximum absolute atomic E-state index is 13.0. The fourth-order valence-electron chi connectivity index (χ4n) is 2.62. The van der Waals surface area contributed by atoms with Crippen molar-refractivity contribution >= 4 is 0 Å². The Morgan fingerprint density at radius 1 is 1.21 bits per heavy atom.